The minimum Gasteiger partial charge on any atom is -0.508 e. The number of hydrogen-bond acceptors (Lipinski definition) is 2. The summed E-state index contributed by atoms with van der Waals surface area (Å²) in [5, 5.41) is 16.6. The summed E-state index contributed by atoms with van der Waals surface area (Å²) in [5.41, 5.74) is 2.87. The number of H-pyrrole nitrogens is 1. The quantitative estimate of drug-likeness (QED) is 0.769. The van der Waals surface area contributed by atoms with E-state index in [4.69, 9.17) is 0 Å². The standard InChI is InChI=1S/C13H16N2O/c1-13(2,3)11-5-4-9(6-12(11)16)10-7-14-15-8-10/h4-8,16H,1-3H3,(H,14,15). The van der Waals surface area contributed by atoms with Crippen LogP contribution in [0.2, 0.25) is 0 Å². The van der Waals surface area contributed by atoms with Crippen molar-refractivity contribution in [2.24, 2.45) is 0 Å². The number of phenolic OH excluding ortho intramolecular Hbond substituents is 1. The number of hydrogen-bond donors (Lipinski definition) is 2. The smallest absolute Gasteiger partial charge is 0.119 e. The molecule has 0 amide bonds. The van der Waals surface area contributed by atoms with Gasteiger partial charge in [0.25, 0.3) is 0 Å². The predicted molar refractivity (Wildman–Crippen MR) is 64.4 cm³/mol. The molecule has 1 aromatic carbocycles. The van der Waals surface area contributed by atoms with E-state index in [-0.39, 0.29) is 5.41 Å². The van der Waals surface area contributed by atoms with Crippen LogP contribution in [0.1, 0.15) is 26.3 Å². The lowest BCUT2D eigenvalue weighted by Crippen LogP contribution is -2.11. The Morgan fingerprint density at radius 3 is 2.44 bits per heavy atom. The fraction of sp³-hybridized carbons (Fsp3) is 0.308. The molecule has 0 fully saturated rings. The first kappa shape index (κ1) is 10.7. The van der Waals surface area contributed by atoms with Crippen molar-refractivity contribution >= 4 is 0 Å². The van der Waals surface area contributed by atoms with Crippen LogP contribution >= 0.6 is 0 Å². The fourth-order valence-corrected chi connectivity index (χ4v) is 1.75. The Morgan fingerprint density at radius 2 is 1.94 bits per heavy atom. The number of benzene rings is 1. The molecule has 0 unspecified atom stereocenters. The molecule has 0 spiro atoms. The molecule has 0 aliphatic carbocycles. The van der Waals surface area contributed by atoms with E-state index in [1.165, 1.54) is 0 Å². The fourth-order valence-electron chi connectivity index (χ4n) is 1.75. The van der Waals surface area contributed by atoms with Crippen molar-refractivity contribution in [3.05, 3.63) is 36.2 Å². The van der Waals surface area contributed by atoms with Crippen molar-refractivity contribution in [2.45, 2.75) is 26.2 Å². The third kappa shape index (κ3) is 1.94. The topological polar surface area (TPSA) is 48.9 Å². The predicted octanol–water partition coefficient (Wildman–Crippen LogP) is 3.08. The highest BCUT2D eigenvalue weighted by molar-refractivity contribution is 5.64. The molecule has 0 aliphatic rings. The summed E-state index contributed by atoms with van der Waals surface area (Å²) >= 11 is 0. The first-order valence-electron chi connectivity index (χ1n) is 5.31. The van der Waals surface area contributed by atoms with Crippen molar-refractivity contribution in [3.63, 3.8) is 0 Å². The van der Waals surface area contributed by atoms with Crippen LogP contribution in [-0.2, 0) is 5.41 Å². The van der Waals surface area contributed by atoms with E-state index in [1.807, 2.05) is 18.3 Å². The maximum absolute atomic E-state index is 10.00. The summed E-state index contributed by atoms with van der Waals surface area (Å²) < 4.78 is 0. The van der Waals surface area contributed by atoms with Gasteiger partial charge in [0.05, 0.1) is 6.20 Å². The van der Waals surface area contributed by atoms with Crippen molar-refractivity contribution in [2.75, 3.05) is 0 Å². The van der Waals surface area contributed by atoms with Gasteiger partial charge in [-0.25, -0.2) is 0 Å². The van der Waals surface area contributed by atoms with Crippen LogP contribution in [0.5, 0.6) is 5.75 Å². The van der Waals surface area contributed by atoms with Gasteiger partial charge in [0.1, 0.15) is 5.75 Å². The van der Waals surface area contributed by atoms with Crippen LogP contribution in [0.15, 0.2) is 30.6 Å². The van der Waals surface area contributed by atoms with Crippen LogP contribution in [-0.4, -0.2) is 15.3 Å². The van der Waals surface area contributed by atoms with Crippen molar-refractivity contribution in [1.82, 2.24) is 10.2 Å². The van der Waals surface area contributed by atoms with Gasteiger partial charge >= 0.3 is 0 Å². The van der Waals surface area contributed by atoms with Gasteiger partial charge in [-0.3, -0.25) is 5.10 Å². The molecule has 0 aliphatic heterocycles. The molecule has 0 bridgehead atoms. The van der Waals surface area contributed by atoms with Gasteiger partial charge in [-0.2, -0.15) is 5.10 Å². The second-order valence-corrected chi connectivity index (χ2v) is 4.97. The molecule has 3 heteroatoms. The van der Waals surface area contributed by atoms with Crippen LogP contribution < -0.4 is 0 Å². The minimum atomic E-state index is -0.0426. The Morgan fingerprint density at radius 1 is 1.19 bits per heavy atom. The third-order valence-corrected chi connectivity index (χ3v) is 2.64. The third-order valence-electron chi connectivity index (χ3n) is 2.64. The molecule has 84 valence electrons. The molecule has 16 heavy (non-hydrogen) atoms. The van der Waals surface area contributed by atoms with E-state index in [1.54, 1.807) is 12.3 Å². The zero-order valence-electron chi connectivity index (χ0n) is 9.78. The zero-order chi connectivity index (χ0) is 11.8. The molecular weight excluding hydrogens is 200 g/mol. The second kappa shape index (κ2) is 3.67. The van der Waals surface area contributed by atoms with E-state index in [0.717, 1.165) is 16.7 Å². The van der Waals surface area contributed by atoms with Crippen LogP contribution in [0, 0.1) is 0 Å². The molecule has 0 saturated carbocycles. The Bertz CT molecular complexity index is 481. The van der Waals surface area contributed by atoms with Gasteiger partial charge in [-0.05, 0) is 22.6 Å². The van der Waals surface area contributed by atoms with E-state index in [9.17, 15) is 5.11 Å². The molecule has 0 atom stereocenters. The number of aromatic nitrogens is 2. The highest BCUT2D eigenvalue weighted by Crippen LogP contribution is 2.33. The summed E-state index contributed by atoms with van der Waals surface area (Å²) in [5.74, 6) is 0.339. The number of aromatic amines is 1. The molecule has 3 nitrogen and oxygen atoms in total. The summed E-state index contributed by atoms with van der Waals surface area (Å²) in [4.78, 5) is 0. The molecule has 1 heterocycles. The van der Waals surface area contributed by atoms with Crippen LogP contribution in [0.4, 0.5) is 0 Å². The van der Waals surface area contributed by atoms with Crippen molar-refractivity contribution in [3.8, 4) is 16.9 Å². The lowest BCUT2D eigenvalue weighted by Gasteiger charge is -2.20. The van der Waals surface area contributed by atoms with Crippen LogP contribution in [0.25, 0.3) is 11.1 Å². The zero-order valence-corrected chi connectivity index (χ0v) is 9.78. The molecular formula is C13H16N2O. The van der Waals surface area contributed by atoms with Gasteiger partial charge in [0, 0.05) is 11.8 Å². The number of nitrogens with zero attached hydrogens (tertiary/aromatic N) is 1. The highest BCUT2D eigenvalue weighted by atomic mass is 16.3. The van der Waals surface area contributed by atoms with E-state index in [0.29, 0.717) is 5.75 Å². The largest absolute Gasteiger partial charge is 0.508 e. The molecule has 0 radical (unpaired) electrons. The monoisotopic (exact) mass is 216 g/mol. The number of aromatic hydroxyl groups is 1. The Kier molecular flexibility index (Phi) is 2.46. The van der Waals surface area contributed by atoms with Crippen molar-refractivity contribution in [1.29, 1.82) is 0 Å². The lowest BCUT2D eigenvalue weighted by atomic mass is 9.85. The van der Waals surface area contributed by atoms with Gasteiger partial charge in [0.2, 0.25) is 0 Å². The summed E-state index contributed by atoms with van der Waals surface area (Å²) in [6, 6.07) is 5.76. The molecule has 0 saturated heterocycles. The summed E-state index contributed by atoms with van der Waals surface area (Å²) in [6.07, 6.45) is 3.55. The second-order valence-electron chi connectivity index (χ2n) is 4.97. The molecule has 1 aromatic heterocycles. The maximum atomic E-state index is 10.00. The van der Waals surface area contributed by atoms with Crippen molar-refractivity contribution < 1.29 is 5.11 Å². The average molecular weight is 216 g/mol. The Balaban J connectivity index is 2.45. The van der Waals surface area contributed by atoms with E-state index in [2.05, 4.69) is 31.0 Å². The SMILES string of the molecule is CC(C)(C)c1ccc(-c2cn[nH]c2)cc1O. The van der Waals surface area contributed by atoms with Crippen LogP contribution in [0.3, 0.4) is 0 Å². The van der Waals surface area contributed by atoms with Gasteiger partial charge < -0.3 is 5.11 Å². The average Bonchev–Trinajstić information content (AvgIpc) is 2.68. The first-order chi connectivity index (χ1) is 7.48. The van der Waals surface area contributed by atoms with E-state index >= 15 is 0 Å². The minimum absolute atomic E-state index is 0.0426. The molecule has 2 aromatic rings. The molecule has 2 rings (SSSR count). The summed E-state index contributed by atoms with van der Waals surface area (Å²) in [7, 11) is 0. The number of nitrogens with one attached hydrogen (secondary N) is 1. The first-order valence-corrected chi connectivity index (χ1v) is 5.31. The van der Waals surface area contributed by atoms with E-state index < -0.39 is 0 Å². The molecule has 2 N–H and O–H groups in total. The number of rotatable bonds is 1. The Hall–Kier alpha value is -1.77. The van der Waals surface area contributed by atoms with Gasteiger partial charge in [-0.15, -0.1) is 0 Å². The number of phenols is 1. The highest BCUT2D eigenvalue weighted by Gasteiger charge is 2.18. The normalized spacial score (nSPS) is 11.7. The lowest BCUT2D eigenvalue weighted by molar-refractivity contribution is 0.447. The Labute approximate surface area is 95.1 Å². The summed E-state index contributed by atoms with van der Waals surface area (Å²) in [6.45, 7) is 6.25. The maximum Gasteiger partial charge on any atom is 0.119 e. The van der Waals surface area contributed by atoms with Gasteiger partial charge in [-0.1, -0.05) is 32.9 Å². The van der Waals surface area contributed by atoms with Gasteiger partial charge in [0.15, 0.2) is 0 Å².